The Morgan fingerprint density at radius 1 is 1.50 bits per heavy atom. The molecule has 1 rings (SSSR count). The molecule has 0 unspecified atom stereocenters. The molecule has 6 nitrogen and oxygen atoms in total. The number of carboxylic acids is 1. The molecular formula is C12H17NO5S2. The van der Waals surface area contributed by atoms with Gasteiger partial charge in [0.2, 0.25) is 10.0 Å². The second kappa shape index (κ2) is 7.51. The molecule has 0 saturated heterocycles. The quantitative estimate of drug-likeness (QED) is 0.747. The Kier molecular flexibility index (Phi) is 6.31. The predicted octanol–water partition coefficient (Wildman–Crippen LogP) is 1.18. The Morgan fingerprint density at radius 3 is 2.75 bits per heavy atom. The first-order valence-corrected chi connectivity index (χ1v) is 8.66. The van der Waals surface area contributed by atoms with Gasteiger partial charge in [-0.2, -0.15) is 16.5 Å². The number of carbonyl (C=O) groups is 1. The number of hydrogen-bond donors (Lipinski definition) is 2. The van der Waals surface area contributed by atoms with Crippen LogP contribution in [-0.4, -0.2) is 44.7 Å². The highest BCUT2D eigenvalue weighted by atomic mass is 32.2. The molecule has 1 aromatic rings. The maximum atomic E-state index is 12.1. The summed E-state index contributed by atoms with van der Waals surface area (Å²) < 4.78 is 31.4. The number of nitrogens with one attached hydrogen (secondary N) is 1. The summed E-state index contributed by atoms with van der Waals surface area (Å²) in [5.41, 5.74) is 0. The molecule has 0 aliphatic rings. The number of thioether (sulfide) groups is 1. The lowest BCUT2D eigenvalue weighted by molar-refractivity contribution is -0.139. The molecule has 0 spiro atoms. The molecule has 0 radical (unpaired) electrons. The summed E-state index contributed by atoms with van der Waals surface area (Å²) in [4.78, 5) is 11.1. The number of hydrogen-bond acceptors (Lipinski definition) is 5. The highest BCUT2D eigenvalue weighted by Crippen LogP contribution is 2.17. The summed E-state index contributed by atoms with van der Waals surface area (Å²) in [6.07, 6.45) is 2.05. The molecule has 0 saturated carbocycles. The largest absolute Gasteiger partial charge is 0.497 e. The van der Waals surface area contributed by atoms with Crippen molar-refractivity contribution >= 4 is 27.8 Å². The molecule has 112 valence electrons. The van der Waals surface area contributed by atoms with E-state index < -0.39 is 22.0 Å². The van der Waals surface area contributed by atoms with Gasteiger partial charge < -0.3 is 9.84 Å². The molecule has 0 bridgehead atoms. The van der Waals surface area contributed by atoms with Gasteiger partial charge in [-0.15, -0.1) is 0 Å². The van der Waals surface area contributed by atoms with Crippen LogP contribution in [0.2, 0.25) is 0 Å². The summed E-state index contributed by atoms with van der Waals surface area (Å²) in [5, 5.41) is 9.05. The van der Waals surface area contributed by atoms with Crippen molar-refractivity contribution in [3.63, 3.8) is 0 Å². The van der Waals surface area contributed by atoms with Gasteiger partial charge in [-0.25, -0.2) is 8.42 Å². The van der Waals surface area contributed by atoms with E-state index in [9.17, 15) is 13.2 Å². The van der Waals surface area contributed by atoms with Gasteiger partial charge in [0.05, 0.1) is 12.0 Å². The van der Waals surface area contributed by atoms with Crippen molar-refractivity contribution in [2.75, 3.05) is 19.1 Å². The third-order valence-corrected chi connectivity index (χ3v) is 4.67. The van der Waals surface area contributed by atoms with Crippen LogP contribution in [0, 0.1) is 0 Å². The molecule has 1 atom stereocenters. The first-order valence-electron chi connectivity index (χ1n) is 5.79. The molecule has 0 heterocycles. The van der Waals surface area contributed by atoms with Crippen molar-refractivity contribution in [3.8, 4) is 5.75 Å². The Bertz CT molecular complexity index is 559. The average molecular weight is 319 g/mol. The van der Waals surface area contributed by atoms with Gasteiger partial charge in [0, 0.05) is 6.07 Å². The lowest BCUT2D eigenvalue weighted by Gasteiger charge is -2.14. The van der Waals surface area contributed by atoms with Crippen molar-refractivity contribution in [2.24, 2.45) is 0 Å². The third-order valence-electron chi connectivity index (χ3n) is 2.56. The summed E-state index contributed by atoms with van der Waals surface area (Å²) in [6.45, 7) is 0. The van der Waals surface area contributed by atoms with E-state index in [1.54, 1.807) is 6.07 Å². The van der Waals surface area contributed by atoms with Crippen LogP contribution < -0.4 is 9.46 Å². The molecule has 20 heavy (non-hydrogen) atoms. The number of methoxy groups -OCH3 is 1. The van der Waals surface area contributed by atoms with Crippen LogP contribution in [0.1, 0.15) is 6.42 Å². The van der Waals surface area contributed by atoms with Gasteiger partial charge in [-0.1, -0.05) is 6.07 Å². The molecule has 0 amide bonds. The lowest BCUT2D eigenvalue weighted by Crippen LogP contribution is -2.41. The standard InChI is InChI=1S/C12H17NO5S2/c1-18-9-4-3-5-10(8-9)20(16,17)13-11(12(14)15)6-7-19-2/h3-5,8,11,13H,6-7H2,1-2H3,(H,14,15)/t11-/m1/s1. The van der Waals surface area contributed by atoms with Crippen LogP contribution in [0.15, 0.2) is 29.2 Å². The van der Waals surface area contributed by atoms with Crippen molar-refractivity contribution < 1.29 is 23.1 Å². The Balaban J connectivity index is 2.94. The number of carboxylic acid groups (broad SMARTS) is 1. The van der Waals surface area contributed by atoms with Gasteiger partial charge in [0.15, 0.2) is 0 Å². The maximum Gasteiger partial charge on any atom is 0.321 e. The summed E-state index contributed by atoms with van der Waals surface area (Å²) in [5.74, 6) is -0.244. The summed E-state index contributed by atoms with van der Waals surface area (Å²) in [6, 6.07) is 4.74. The number of sulfonamides is 1. The molecule has 0 aliphatic heterocycles. The van der Waals surface area contributed by atoms with Crippen LogP contribution >= 0.6 is 11.8 Å². The molecule has 0 fully saturated rings. The minimum atomic E-state index is -3.89. The van der Waals surface area contributed by atoms with Gasteiger partial charge in [-0.05, 0) is 30.6 Å². The fourth-order valence-electron chi connectivity index (χ4n) is 1.49. The van der Waals surface area contributed by atoms with Gasteiger partial charge in [0.25, 0.3) is 0 Å². The number of aliphatic carboxylic acids is 1. The van der Waals surface area contributed by atoms with Crippen molar-refractivity contribution in [1.29, 1.82) is 0 Å². The topological polar surface area (TPSA) is 92.7 Å². The zero-order chi connectivity index (χ0) is 15.2. The number of ether oxygens (including phenoxy) is 1. The Hall–Kier alpha value is -1.25. The van der Waals surface area contributed by atoms with E-state index in [0.29, 0.717) is 11.5 Å². The van der Waals surface area contributed by atoms with E-state index in [-0.39, 0.29) is 11.3 Å². The minimum Gasteiger partial charge on any atom is -0.497 e. The summed E-state index contributed by atoms with van der Waals surface area (Å²) in [7, 11) is -2.46. The van der Waals surface area contributed by atoms with Gasteiger partial charge >= 0.3 is 5.97 Å². The zero-order valence-electron chi connectivity index (χ0n) is 11.2. The molecule has 0 aliphatic carbocycles. The van der Waals surface area contributed by atoms with Crippen LogP contribution in [0.4, 0.5) is 0 Å². The van der Waals surface area contributed by atoms with Gasteiger partial charge in [-0.3, -0.25) is 4.79 Å². The normalized spacial score (nSPS) is 12.9. The second-order valence-corrected chi connectivity index (χ2v) is 6.67. The highest BCUT2D eigenvalue weighted by Gasteiger charge is 2.25. The molecular weight excluding hydrogens is 302 g/mol. The van der Waals surface area contributed by atoms with E-state index >= 15 is 0 Å². The molecule has 1 aromatic carbocycles. The highest BCUT2D eigenvalue weighted by molar-refractivity contribution is 7.98. The van der Waals surface area contributed by atoms with Crippen molar-refractivity contribution in [2.45, 2.75) is 17.4 Å². The zero-order valence-corrected chi connectivity index (χ0v) is 12.8. The van der Waals surface area contributed by atoms with Crippen molar-refractivity contribution in [1.82, 2.24) is 4.72 Å². The molecule has 8 heteroatoms. The SMILES string of the molecule is COc1cccc(S(=O)(=O)N[C@H](CCSC)C(=O)O)c1. The number of rotatable bonds is 8. The van der Waals surface area contributed by atoms with Crippen molar-refractivity contribution in [3.05, 3.63) is 24.3 Å². The van der Waals surface area contributed by atoms with E-state index in [1.807, 2.05) is 6.26 Å². The fraction of sp³-hybridized carbons (Fsp3) is 0.417. The maximum absolute atomic E-state index is 12.1. The van der Waals surface area contributed by atoms with E-state index in [0.717, 1.165) is 0 Å². The van der Waals surface area contributed by atoms with Crippen LogP contribution in [-0.2, 0) is 14.8 Å². The first-order chi connectivity index (χ1) is 9.40. The fourth-order valence-corrected chi connectivity index (χ4v) is 3.22. The van der Waals surface area contributed by atoms with Gasteiger partial charge in [0.1, 0.15) is 11.8 Å². The van der Waals surface area contributed by atoms with E-state index in [2.05, 4.69) is 4.72 Å². The lowest BCUT2D eigenvalue weighted by atomic mass is 10.2. The summed E-state index contributed by atoms with van der Waals surface area (Å²) >= 11 is 1.46. The average Bonchev–Trinajstić information content (AvgIpc) is 2.43. The van der Waals surface area contributed by atoms with Crippen LogP contribution in [0.5, 0.6) is 5.75 Å². The third kappa shape index (κ3) is 4.69. The smallest absolute Gasteiger partial charge is 0.321 e. The predicted molar refractivity (Wildman–Crippen MR) is 77.7 cm³/mol. The van der Waals surface area contributed by atoms with E-state index in [4.69, 9.17) is 9.84 Å². The Labute approximate surface area is 122 Å². The van der Waals surface area contributed by atoms with E-state index in [1.165, 1.54) is 37.1 Å². The monoisotopic (exact) mass is 319 g/mol. The van der Waals surface area contributed by atoms with Crippen LogP contribution in [0.25, 0.3) is 0 Å². The first kappa shape index (κ1) is 16.8. The second-order valence-electron chi connectivity index (χ2n) is 3.97. The minimum absolute atomic E-state index is 0.0211. The number of benzene rings is 1. The molecule has 2 N–H and O–H groups in total. The molecule has 0 aromatic heterocycles. The van der Waals surface area contributed by atoms with Crippen LogP contribution in [0.3, 0.4) is 0 Å². The Morgan fingerprint density at radius 2 is 2.20 bits per heavy atom.